The van der Waals surface area contributed by atoms with Crippen LogP contribution in [-0.2, 0) is 22.4 Å². The Balaban J connectivity index is 1.73. The number of carbonyl (C=O) groups is 1. The molecule has 0 atom stereocenters. The highest BCUT2D eigenvalue weighted by Crippen LogP contribution is 2.20. The minimum absolute atomic E-state index is 0.241. The van der Waals surface area contributed by atoms with E-state index in [-0.39, 0.29) is 12.2 Å². The standard InChI is InChI=1S/C23H21N3O3/c1-2-29-23(28)21-16-10-6-7-11-18(16)24-20(21)14-17-19(25-26-22(17)27)13-12-15-8-4-3-5-9-15/h3-11,14H,2,12-13H2,1H3,(H2,25,26,27)/b20-14+. The molecule has 1 aromatic heterocycles. The van der Waals surface area contributed by atoms with E-state index in [9.17, 15) is 9.59 Å². The Kier molecular flexibility index (Phi) is 5.24. The summed E-state index contributed by atoms with van der Waals surface area (Å²) in [7, 11) is 0. The third-order valence-corrected chi connectivity index (χ3v) is 4.83. The van der Waals surface area contributed by atoms with Crippen molar-refractivity contribution in [1.29, 1.82) is 0 Å². The molecule has 0 saturated heterocycles. The van der Waals surface area contributed by atoms with Gasteiger partial charge in [-0.3, -0.25) is 9.89 Å². The quantitative estimate of drug-likeness (QED) is 0.633. The van der Waals surface area contributed by atoms with Gasteiger partial charge < -0.3 is 9.84 Å². The van der Waals surface area contributed by atoms with Crippen molar-refractivity contribution in [3.63, 3.8) is 0 Å². The zero-order chi connectivity index (χ0) is 20.2. The summed E-state index contributed by atoms with van der Waals surface area (Å²) >= 11 is 0. The summed E-state index contributed by atoms with van der Waals surface area (Å²) < 4.78 is 5.23. The number of nitrogens with zero attached hydrogens (tertiary/aromatic N) is 1. The van der Waals surface area contributed by atoms with E-state index in [2.05, 4.69) is 27.3 Å². The second-order valence-corrected chi connectivity index (χ2v) is 6.71. The molecule has 6 heteroatoms. The maximum absolute atomic E-state index is 12.6. The predicted molar refractivity (Wildman–Crippen MR) is 111 cm³/mol. The number of esters is 1. The fraction of sp³-hybridized carbons (Fsp3) is 0.174. The molecule has 3 aromatic rings. The molecule has 0 radical (unpaired) electrons. The lowest BCUT2D eigenvalue weighted by Crippen LogP contribution is -2.25. The Labute approximate surface area is 167 Å². The molecule has 0 fully saturated rings. The molecule has 2 N–H and O–H groups in total. The van der Waals surface area contributed by atoms with Gasteiger partial charge in [-0.15, -0.1) is 0 Å². The lowest BCUT2D eigenvalue weighted by atomic mass is 10.0. The molecule has 2 aromatic carbocycles. The molecule has 6 nitrogen and oxygen atoms in total. The normalized spacial score (nSPS) is 14.0. The van der Waals surface area contributed by atoms with E-state index in [1.165, 1.54) is 5.56 Å². The number of H-pyrrole nitrogens is 2. The van der Waals surface area contributed by atoms with Crippen molar-refractivity contribution in [2.45, 2.75) is 19.8 Å². The number of nitrogens with one attached hydrogen (secondary N) is 2. The van der Waals surface area contributed by atoms with Crippen LogP contribution in [0.25, 0.3) is 11.6 Å². The number of hydrogen-bond donors (Lipinski definition) is 2. The molecule has 146 valence electrons. The Morgan fingerprint density at radius 1 is 1.03 bits per heavy atom. The lowest BCUT2D eigenvalue weighted by molar-refractivity contribution is -0.136. The molecular formula is C23H21N3O3. The Morgan fingerprint density at radius 2 is 1.79 bits per heavy atom. The summed E-state index contributed by atoms with van der Waals surface area (Å²) in [6, 6.07) is 17.5. The summed E-state index contributed by atoms with van der Waals surface area (Å²) in [6.45, 7) is 2.03. The molecular weight excluding hydrogens is 366 g/mol. The van der Waals surface area contributed by atoms with Gasteiger partial charge in [-0.2, -0.15) is 0 Å². The van der Waals surface area contributed by atoms with Gasteiger partial charge in [0.15, 0.2) is 0 Å². The minimum Gasteiger partial charge on any atom is -0.462 e. The van der Waals surface area contributed by atoms with Gasteiger partial charge >= 0.3 is 5.97 Å². The van der Waals surface area contributed by atoms with Crippen LogP contribution in [0.15, 0.2) is 70.1 Å². The average Bonchev–Trinajstić information content (AvgIpc) is 3.28. The van der Waals surface area contributed by atoms with Crippen molar-refractivity contribution >= 4 is 17.6 Å². The zero-order valence-electron chi connectivity index (χ0n) is 16.1. The molecule has 0 bridgehead atoms. The van der Waals surface area contributed by atoms with Crippen molar-refractivity contribution in [3.05, 3.63) is 98.0 Å². The van der Waals surface area contributed by atoms with Crippen LogP contribution in [0.2, 0.25) is 0 Å². The summed E-state index contributed by atoms with van der Waals surface area (Å²) in [5.74, 6) is -0.440. The first-order valence-electron chi connectivity index (χ1n) is 9.58. The highest BCUT2D eigenvalue weighted by Gasteiger charge is 2.22. The van der Waals surface area contributed by atoms with Gasteiger partial charge in [0.1, 0.15) is 0 Å². The monoisotopic (exact) mass is 387 g/mol. The van der Waals surface area contributed by atoms with Crippen LogP contribution >= 0.6 is 0 Å². The van der Waals surface area contributed by atoms with Gasteiger partial charge in [0.2, 0.25) is 0 Å². The first kappa shape index (κ1) is 18.7. The molecule has 0 unspecified atom stereocenters. The molecule has 0 spiro atoms. The fourth-order valence-electron chi connectivity index (χ4n) is 3.43. The van der Waals surface area contributed by atoms with Gasteiger partial charge in [0.05, 0.1) is 28.8 Å². The van der Waals surface area contributed by atoms with Gasteiger partial charge in [-0.1, -0.05) is 48.5 Å². The SMILES string of the molecule is CCOC(=O)C1=c2ccccc2=N/C1=C/c1c(CCc2ccccc2)[nH][nH]c1=O. The zero-order valence-corrected chi connectivity index (χ0v) is 16.1. The van der Waals surface area contributed by atoms with Gasteiger partial charge in [0.25, 0.3) is 5.56 Å². The van der Waals surface area contributed by atoms with Crippen LogP contribution in [0, 0.1) is 0 Å². The topological polar surface area (TPSA) is 87.3 Å². The van der Waals surface area contributed by atoms with E-state index in [0.717, 1.165) is 17.3 Å². The minimum atomic E-state index is -0.440. The third-order valence-electron chi connectivity index (χ3n) is 4.83. The molecule has 1 aliphatic heterocycles. The number of rotatable bonds is 6. The highest BCUT2D eigenvalue weighted by molar-refractivity contribution is 6.17. The molecule has 29 heavy (non-hydrogen) atoms. The lowest BCUT2D eigenvalue weighted by Gasteiger charge is -2.05. The molecule has 4 rings (SSSR count). The van der Waals surface area contributed by atoms with E-state index in [1.54, 1.807) is 13.0 Å². The average molecular weight is 387 g/mol. The van der Waals surface area contributed by atoms with Crippen molar-refractivity contribution < 1.29 is 9.53 Å². The molecule has 2 heterocycles. The smallest absolute Gasteiger partial charge is 0.341 e. The maximum Gasteiger partial charge on any atom is 0.341 e. The second kappa shape index (κ2) is 8.14. The summed E-state index contributed by atoms with van der Waals surface area (Å²) in [6.07, 6.45) is 3.11. The fourth-order valence-corrected chi connectivity index (χ4v) is 3.43. The van der Waals surface area contributed by atoms with Gasteiger partial charge in [-0.05, 0) is 37.5 Å². The number of hydrogen-bond acceptors (Lipinski definition) is 4. The van der Waals surface area contributed by atoms with Crippen molar-refractivity contribution in [1.82, 2.24) is 10.2 Å². The van der Waals surface area contributed by atoms with Crippen LogP contribution in [0.1, 0.15) is 23.7 Å². The summed E-state index contributed by atoms with van der Waals surface area (Å²) in [5, 5.41) is 7.02. The van der Waals surface area contributed by atoms with Crippen LogP contribution in [-0.4, -0.2) is 22.8 Å². The molecule has 0 amide bonds. The number of aryl methyl sites for hydroxylation is 2. The molecule has 0 saturated carbocycles. The number of ether oxygens (including phenoxy) is 1. The number of aromatic nitrogens is 2. The second-order valence-electron chi connectivity index (χ2n) is 6.71. The number of para-hydroxylation sites is 1. The van der Waals surface area contributed by atoms with E-state index >= 15 is 0 Å². The van der Waals surface area contributed by atoms with E-state index in [0.29, 0.717) is 28.6 Å². The number of carbonyl (C=O) groups excluding carboxylic acids is 1. The third kappa shape index (κ3) is 3.82. The van der Waals surface area contributed by atoms with E-state index in [4.69, 9.17) is 4.74 Å². The van der Waals surface area contributed by atoms with Crippen molar-refractivity contribution in [2.75, 3.05) is 6.61 Å². The van der Waals surface area contributed by atoms with Crippen LogP contribution in [0.4, 0.5) is 0 Å². The van der Waals surface area contributed by atoms with Gasteiger partial charge in [0, 0.05) is 10.9 Å². The Hall–Kier alpha value is -3.67. The molecule has 1 aliphatic rings. The Bertz CT molecular complexity index is 1250. The van der Waals surface area contributed by atoms with E-state index < -0.39 is 5.97 Å². The van der Waals surface area contributed by atoms with Crippen LogP contribution in [0.3, 0.4) is 0 Å². The Morgan fingerprint density at radius 3 is 2.59 bits per heavy atom. The summed E-state index contributed by atoms with van der Waals surface area (Å²) in [4.78, 5) is 29.6. The predicted octanol–water partition coefficient (Wildman–Crippen LogP) is 1.88. The number of fused-ring (bicyclic) bond motifs is 1. The van der Waals surface area contributed by atoms with Crippen LogP contribution < -0.4 is 16.1 Å². The summed E-state index contributed by atoms with van der Waals surface area (Å²) in [5.41, 5.74) is 3.03. The van der Waals surface area contributed by atoms with Gasteiger partial charge in [-0.25, -0.2) is 9.79 Å². The number of aromatic amines is 2. The van der Waals surface area contributed by atoms with Crippen molar-refractivity contribution in [2.24, 2.45) is 4.99 Å². The maximum atomic E-state index is 12.6. The van der Waals surface area contributed by atoms with E-state index in [1.807, 2.05) is 42.5 Å². The van der Waals surface area contributed by atoms with Crippen molar-refractivity contribution in [3.8, 4) is 0 Å². The van der Waals surface area contributed by atoms with Crippen LogP contribution in [0.5, 0.6) is 0 Å². The first-order valence-corrected chi connectivity index (χ1v) is 9.58. The number of benzene rings is 2. The molecule has 0 aliphatic carbocycles. The first-order chi connectivity index (χ1) is 14.2. The largest absolute Gasteiger partial charge is 0.462 e. The highest BCUT2D eigenvalue weighted by atomic mass is 16.5.